The third-order valence-corrected chi connectivity index (χ3v) is 5.71. The predicted octanol–water partition coefficient (Wildman–Crippen LogP) is 2.31. The van der Waals surface area contributed by atoms with Gasteiger partial charge in [0.15, 0.2) is 0 Å². The Hall–Kier alpha value is 0.0569. The van der Waals surface area contributed by atoms with Crippen LogP contribution >= 0.6 is 0 Å². The van der Waals surface area contributed by atoms with Gasteiger partial charge in [-0.1, -0.05) is 26.7 Å². The third kappa shape index (κ3) is 6.52. The highest BCUT2D eigenvalue weighted by Gasteiger charge is 2.39. The molecule has 0 saturated carbocycles. The highest BCUT2D eigenvalue weighted by molar-refractivity contribution is 6.60. The molecule has 0 unspecified atom stereocenters. The average Bonchev–Trinajstić information content (AvgIpc) is 2.38. The molecule has 104 valence electrons. The molecule has 0 fully saturated rings. The normalized spacial score (nSPS) is 12.4. The van der Waals surface area contributed by atoms with Crippen molar-refractivity contribution in [2.45, 2.75) is 39.5 Å². The lowest BCUT2D eigenvalue weighted by atomic mass is 10.3. The number of unbranched alkanes of at least 4 members (excludes halogenated alkanes) is 2. The molecule has 0 aromatic heterocycles. The summed E-state index contributed by atoms with van der Waals surface area (Å²) in [4.78, 5) is 2.41. The smallest absolute Gasteiger partial charge is 0.376 e. The van der Waals surface area contributed by atoms with Gasteiger partial charge in [-0.15, -0.1) is 0 Å². The maximum Gasteiger partial charge on any atom is 0.514 e. The van der Waals surface area contributed by atoms with E-state index >= 15 is 0 Å². The van der Waals surface area contributed by atoms with Crippen LogP contribution < -0.4 is 0 Å². The standard InChI is InChI=1S/C12H29NO3Si/c1-6-8-10-13(11-9-7-2)12-17(14-3,15-4)16-5/h6-12H2,1-5H3. The van der Waals surface area contributed by atoms with E-state index in [-0.39, 0.29) is 0 Å². The van der Waals surface area contributed by atoms with E-state index in [2.05, 4.69) is 18.7 Å². The van der Waals surface area contributed by atoms with Crippen molar-refractivity contribution in [3.63, 3.8) is 0 Å². The van der Waals surface area contributed by atoms with E-state index in [1.807, 2.05) is 0 Å². The lowest BCUT2D eigenvalue weighted by molar-refractivity contribution is 0.102. The summed E-state index contributed by atoms with van der Waals surface area (Å²) in [5.74, 6) is 0. The third-order valence-electron chi connectivity index (χ3n) is 3.01. The van der Waals surface area contributed by atoms with Crippen molar-refractivity contribution in [3.05, 3.63) is 0 Å². The van der Waals surface area contributed by atoms with Crippen LogP contribution in [0, 0.1) is 0 Å². The quantitative estimate of drug-likeness (QED) is 0.535. The molecule has 0 aromatic rings. The first-order chi connectivity index (χ1) is 8.17. The summed E-state index contributed by atoms with van der Waals surface area (Å²) in [6.07, 6.45) is 5.64. The molecule has 0 bridgehead atoms. The van der Waals surface area contributed by atoms with Crippen LogP contribution in [0.25, 0.3) is 0 Å². The van der Waals surface area contributed by atoms with Crippen LogP contribution in [0.4, 0.5) is 0 Å². The summed E-state index contributed by atoms with van der Waals surface area (Å²) in [6, 6.07) is 0. The Labute approximate surface area is 108 Å². The Morgan fingerprint density at radius 1 is 0.824 bits per heavy atom. The second-order valence-electron chi connectivity index (χ2n) is 4.28. The van der Waals surface area contributed by atoms with Gasteiger partial charge in [0.05, 0.1) is 6.17 Å². The van der Waals surface area contributed by atoms with Gasteiger partial charge in [-0.3, -0.25) is 4.90 Å². The fourth-order valence-corrected chi connectivity index (χ4v) is 3.50. The predicted molar refractivity (Wildman–Crippen MR) is 73.0 cm³/mol. The van der Waals surface area contributed by atoms with E-state index in [4.69, 9.17) is 13.3 Å². The molecule has 0 radical (unpaired) electrons. The maximum absolute atomic E-state index is 5.48. The van der Waals surface area contributed by atoms with E-state index in [1.54, 1.807) is 21.3 Å². The van der Waals surface area contributed by atoms with Crippen LogP contribution in [0.15, 0.2) is 0 Å². The van der Waals surface area contributed by atoms with Crippen LogP contribution in [0.5, 0.6) is 0 Å². The van der Waals surface area contributed by atoms with Crippen LogP contribution in [0.2, 0.25) is 0 Å². The van der Waals surface area contributed by atoms with E-state index in [1.165, 1.54) is 25.7 Å². The summed E-state index contributed by atoms with van der Waals surface area (Å²) < 4.78 is 16.4. The Balaban J connectivity index is 4.34. The molecule has 5 heteroatoms. The Morgan fingerprint density at radius 3 is 1.53 bits per heavy atom. The van der Waals surface area contributed by atoms with Crippen molar-refractivity contribution in [2.24, 2.45) is 0 Å². The summed E-state index contributed by atoms with van der Waals surface area (Å²) in [6.45, 7) is 6.62. The zero-order chi connectivity index (χ0) is 13.1. The summed E-state index contributed by atoms with van der Waals surface area (Å²) in [7, 11) is 2.58. The molecular formula is C12H29NO3Si. The summed E-state index contributed by atoms with van der Waals surface area (Å²) >= 11 is 0. The zero-order valence-corrected chi connectivity index (χ0v) is 13.1. The minimum absolute atomic E-state index is 0.788. The second kappa shape index (κ2) is 10.0. The minimum Gasteiger partial charge on any atom is -0.376 e. The van der Waals surface area contributed by atoms with Crippen LogP contribution in [-0.4, -0.2) is 54.3 Å². The van der Waals surface area contributed by atoms with Crippen molar-refractivity contribution in [1.82, 2.24) is 4.90 Å². The molecule has 0 aliphatic heterocycles. The fraction of sp³-hybridized carbons (Fsp3) is 1.00. The number of hydrogen-bond acceptors (Lipinski definition) is 4. The number of rotatable bonds is 11. The lowest BCUT2D eigenvalue weighted by Gasteiger charge is -2.31. The highest BCUT2D eigenvalue weighted by Crippen LogP contribution is 2.10. The molecule has 4 nitrogen and oxygen atoms in total. The monoisotopic (exact) mass is 263 g/mol. The first-order valence-corrected chi connectivity index (χ1v) is 8.49. The molecular weight excluding hydrogens is 234 g/mol. The van der Waals surface area contributed by atoms with Crippen molar-refractivity contribution in [1.29, 1.82) is 0 Å². The van der Waals surface area contributed by atoms with Crippen molar-refractivity contribution in [3.8, 4) is 0 Å². The molecule has 0 saturated heterocycles. The van der Waals surface area contributed by atoms with Crippen LogP contribution in [0.1, 0.15) is 39.5 Å². The van der Waals surface area contributed by atoms with Gasteiger partial charge in [-0.25, -0.2) is 0 Å². The van der Waals surface area contributed by atoms with E-state index < -0.39 is 8.80 Å². The first-order valence-electron chi connectivity index (χ1n) is 6.55. The molecule has 0 heterocycles. The van der Waals surface area contributed by atoms with Gasteiger partial charge >= 0.3 is 8.80 Å². The molecule has 0 aliphatic rings. The van der Waals surface area contributed by atoms with Crippen molar-refractivity contribution >= 4 is 8.80 Å². The molecule has 0 atom stereocenters. The van der Waals surface area contributed by atoms with E-state index in [0.29, 0.717) is 0 Å². The van der Waals surface area contributed by atoms with Gasteiger partial charge in [0.25, 0.3) is 0 Å². The van der Waals surface area contributed by atoms with Crippen molar-refractivity contribution in [2.75, 3.05) is 40.6 Å². The van der Waals surface area contributed by atoms with Gasteiger partial charge in [0.1, 0.15) is 0 Å². The molecule has 17 heavy (non-hydrogen) atoms. The van der Waals surface area contributed by atoms with Gasteiger partial charge in [-0.2, -0.15) is 0 Å². The number of hydrogen-bond donors (Lipinski definition) is 0. The molecule has 0 aromatic carbocycles. The minimum atomic E-state index is -2.45. The van der Waals surface area contributed by atoms with Crippen molar-refractivity contribution < 1.29 is 13.3 Å². The molecule has 0 aliphatic carbocycles. The summed E-state index contributed by atoms with van der Waals surface area (Å²) in [5, 5.41) is 0. The lowest BCUT2D eigenvalue weighted by Crippen LogP contribution is -2.53. The maximum atomic E-state index is 5.48. The molecule has 0 N–H and O–H groups in total. The van der Waals surface area contributed by atoms with Gasteiger partial charge in [0.2, 0.25) is 0 Å². The first kappa shape index (κ1) is 17.1. The molecule has 0 amide bonds. The summed E-state index contributed by atoms with van der Waals surface area (Å²) in [5.41, 5.74) is 0. The highest BCUT2D eigenvalue weighted by atomic mass is 28.4. The fourth-order valence-electron chi connectivity index (χ4n) is 1.75. The van der Waals surface area contributed by atoms with E-state index in [9.17, 15) is 0 Å². The largest absolute Gasteiger partial charge is 0.514 e. The Bertz CT molecular complexity index is 161. The Kier molecular flexibility index (Phi) is 10.1. The van der Waals surface area contributed by atoms with Gasteiger partial charge in [-0.05, 0) is 25.9 Å². The number of nitrogens with zero attached hydrogens (tertiary/aromatic N) is 1. The SMILES string of the molecule is CCCCN(CCCC)C[Si](OC)(OC)OC. The van der Waals surface area contributed by atoms with Gasteiger partial charge < -0.3 is 13.3 Å². The Morgan fingerprint density at radius 2 is 1.24 bits per heavy atom. The second-order valence-corrected chi connectivity index (χ2v) is 7.19. The van der Waals surface area contributed by atoms with Crippen LogP contribution in [0.3, 0.4) is 0 Å². The average molecular weight is 263 g/mol. The molecule has 0 spiro atoms. The van der Waals surface area contributed by atoms with E-state index in [0.717, 1.165) is 19.3 Å². The van der Waals surface area contributed by atoms with Gasteiger partial charge in [0, 0.05) is 21.3 Å². The molecule has 0 rings (SSSR count). The topological polar surface area (TPSA) is 30.9 Å². The van der Waals surface area contributed by atoms with Crippen LogP contribution in [-0.2, 0) is 13.3 Å². The zero-order valence-electron chi connectivity index (χ0n) is 12.1.